The van der Waals surface area contributed by atoms with Crippen molar-refractivity contribution in [2.45, 2.75) is 25.0 Å². The molecule has 0 aliphatic carbocycles. The second-order valence-corrected chi connectivity index (χ2v) is 8.14. The zero-order chi connectivity index (χ0) is 25.8. The molecular weight excluding hydrogens is 458 g/mol. The molecule has 35 heavy (non-hydrogen) atoms. The van der Waals surface area contributed by atoms with Gasteiger partial charge >= 0.3 is 17.9 Å². The third-order valence-corrected chi connectivity index (χ3v) is 5.35. The van der Waals surface area contributed by atoms with Crippen LogP contribution in [0.5, 0.6) is 0 Å². The first-order valence-electron chi connectivity index (χ1n) is 11.1. The third kappa shape index (κ3) is 8.84. The van der Waals surface area contributed by atoms with Crippen LogP contribution in [0.4, 0.5) is 0 Å². The van der Waals surface area contributed by atoms with Gasteiger partial charge in [0.25, 0.3) is 0 Å². The number of hydrogen-bond donors (Lipinski definition) is 3. The molecule has 1 fully saturated rings. The van der Waals surface area contributed by atoms with E-state index in [-0.39, 0.29) is 11.1 Å². The van der Waals surface area contributed by atoms with Gasteiger partial charge in [-0.3, -0.25) is 0 Å². The maximum atomic E-state index is 12.0. The summed E-state index contributed by atoms with van der Waals surface area (Å²) in [6, 6.07) is 14.7. The van der Waals surface area contributed by atoms with E-state index in [1.54, 1.807) is 17.0 Å². The number of rotatable bonds is 8. The van der Waals surface area contributed by atoms with E-state index >= 15 is 0 Å². The highest BCUT2D eigenvalue weighted by Gasteiger charge is 2.36. The highest BCUT2D eigenvalue weighted by Crippen LogP contribution is 2.12. The number of benzene rings is 2. The lowest BCUT2D eigenvalue weighted by Gasteiger charge is -2.25. The van der Waals surface area contributed by atoms with Gasteiger partial charge in [0.1, 0.15) is 0 Å². The molecule has 3 rings (SSSR count). The molecule has 2 unspecified atom stereocenters. The van der Waals surface area contributed by atoms with Crippen molar-refractivity contribution in [1.29, 1.82) is 0 Å². The minimum atomic E-state index is -2.33. The zero-order valence-electron chi connectivity index (χ0n) is 19.3. The lowest BCUT2D eigenvalue weighted by Crippen LogP contribution is -3.10. The molecule has 2 aromatic carbocycles. The van der Waals surface area contributed by atoms with E-state index in [9.17, 15) is 29.4 Å². The van der Waals surface area contributed by atoms with Crippen molar-refractivity contribution in [3.8, 4) is 0 Å². The molecule has 3 N–H and O–H groups in total. The summed E-state index contributed by atoms with van der Waals surface area (Å²) in [5.74, 6) is -5.41. The molecule has 1 aliphatic heterocycles. The van der Waals surface area contributed by atoms with Crippen LogP contribution in [0.3, 0.4) is 0 Å². The maximum Gasteiger partial charge on any atom is 0.349 e. The van der Waals surface area contributed by atoms with Crippen LogP contribution in [0.25, 0.3) is 0 Å². The summed E-state index contributed by atoms with van der Waals surface area (Å²) < 4.78 is 9.42. The summed E-state index contributed by atoms with van der Waals surface area (Å²) in [6.45, 7) is 2.84. The van der Waals surface area contributed by atoms with Gasteiger partial charge in [-0.25, -0.2) is 14.4 Å². The number of likely N-dealkylation sites (tertiary alicyclic amines) is 1. The first-order valence-corrected chi connectivity index (χ1v) is 11.1. The number of piperidine rings is 1. The summed E-state index contributed by atoms with van der Waals surface area (Å²) >= 11 is 0. The highest BCUT2D eigenvalue weighted by molar-refractivity contribution is 5.95. The third-order valence-electron chi connectivity index (χ3n) is 5.35. The van der Waals surface area contributed by atoms with E-state index in [4.69, 9.17) is 14.6 Å². The summed E-state index contributed by atoms with van der Waals surface area (Å²) in [7, 11) is 2.20. The van der Waals surface area contributed by atoms with Crippen LogP contribution in [0, 0.1) is 5.92 Å². The molecule has 0 spiro atoms. The molecular formula is C25H29NO9. The molecule has 0 saturated carbocycles. The number of aliphatic hydroxyl groups is 1. The Bertz CT molecular complexity index is 911. The van der Waals surface area contributed by atoms with Crippen LogP contribution in [-0.2, 0) is 19.1 Å². The minimum absolute atomic E-state index is 0.00252. The lowest BCUT2D eigenvalue weighted by molar-refractivity contribution is -0.888. The van der Waals surface area contributed by atoms with E-state index in [0.29, 0.717) is 12.5 Å². The molecule has 10 heteroatoms. The Morgan fingerprint density at radius 1 is 0.943 bits per heavy atom. The van der Waals surface area contributed by atoms with Gasteiger partial charge in [-0.05, 0) is 37.1 Å². The smallest absolute Gasteiger partial charge is 0.349 e. The van der Waals surface area contributed by atoms with Crippen molar-refractivity contribution in [2.75, 3.05) is 26.7 Å². The van der Waals surface area contributed by atoms with Gasteiger partial charge in [0.05, 0.1) is 43.8 Å². The molecule has 1 saturated heterocycles. The lowest BCUT2D eigenvalue weighted by atomic mass is 10.00. The number of hydrogen-bond acceptors (Lipinski definition) is 8. The molecule has 2 aromatic rings. The Morgan fingerprint density at radius 3 is 1.80 bits per heavy atom. The van der Waals surface area contributed by atoms with Gasteiger partial charge in [-0.15, -0.1) is 0 Å². The second kappa shape index (κ2) is 13.8. The number of carboxylic acid groups (broad SMARTS) is 2. The zero-order valence-corrected chi connectivity index (χ0v) is 19.3. The van der Waals surface area contributed by atoms with Gasteiger partial charge in [0.2, 0.25) is 6.10 Å². The average molecular weight is 488 g/mol. The second-order valence-electron chi connectivity index (χ2n) is 8.14. The number of carboxylic acids is 2. The number of carbonyl (C=O) groups excluding carboxylic acids is 3. The van der Waals surface area contributed by atoms with Crippen LogP contribution in [0.2, 0.25) is 0 Å². The minimum Gasteiger partial charge on any atom is -0.546 e. The summed E-state index contributed by atoms with van der Waals surface area (Å²) in [6.07, 6.45) is -2.08. The van der Waals surface area contributed by atoms with Gasteiger partial charge in [0, 0.05) is 5.92 Å². The van der Waals surface area contributed by atoms with E-state index in [1.165, 1.54) is 67.9 Å². The Balaban J connectivity index is 0.000000402. The Labute approximate surface area is 202 Å². The van der Waals surface area contributed by atoms with Crippen LogP contribution in [0.1, 0.15) is 33.6 Å². The SMILES string of the molecule is C[NH+]1CCCC(CO)C1.O=C(O[C@@H](C(=O)[O-])[C@@H](OC(=O)c1ccccc1)C(=O)O)c1ccccc1. The first-order chi connectivity index (χ1) is 16.7. The molecule has 0 bridgehead atoms. The number of nitrogens with one attached hydrogen (secondary N) is 1. The molecule has 0 amide bonds. The van der Waals surface area contributed by atoms with Crippen LogP contribution < -0.4 is 10.0 Å². The van der Waals surface area contributed by atoms with Crippen LogP contribution >= 0.6 is 0 Å². The number of ether oxygens (including phenoxy) is 2. The van der Waals surface area contributed by atoms with Crippen molar-refractivity contribution in [2.24, 2.45) is 5.92 Å². The fraction of sp³-hybridized carbons (Fsp3) is 0.360. The Hall–Kier alpha value is -3.76. The molecule has 0 radical (unpaired) electrons. The quantitative estimate of drug-likeness (QED) is 0.405. The molecule has 1 heterocycles. The van der Waals surface area contributed by atoms with E-state index in [0.717, 1.165) is 6.54 Å². The molecule has 1 aliphatic rings. The van der Waals surface area contributed by atoms with Gasteiger partial charge in [-0.2, -0.15) is 0 Å². The van der Waals surface area contributed by atoms with Crippen molar-refractivity contribution in [3.63, 3.8) is 0 Å². The monoisotopic (exact) mass is 487 g/mol. The van der Waals surface area contributed by atoms with Gasteiger partial charge in [-0.1, -0.05) is 36.4 Å². The van der Waals surface area contributed by atoms with Crippen molar-refractivity contribution in [3.05, 3.63) is 71.8 Å². The summed E-state index contributed by atoms with van der Waals surface area (Å²) in [5, 5.41) is 29.3. The van der Waals surface area contributed by atoms with Crippen molar-refractivity contribution >= 4 is 23.9 Å². The van der Waals surface area contributed by atoms with Crippen molar-refractivity contribution in [1.82, 2.24) is 0 Å². The van der Waals surface area contributed by atoms with Gasteiger partial charge < -0.3 is 34.5 Å². The summed E-state index contributed by atoms with van der Waals surface area (Å²) in [5.41, 5.74) is 0.00232. The number of carbonyl (C=O) groups is 4. The van der Waals surface area contributed by atoms with Crippen molar-refractivity contribution < 1.29 is 48.9 Å². The fourth-order valence-electron chi connectivity index (χ4n) is 3.54. The van der Waals surface area contributed by atoms with E-state index < -0.39 is 36.1 Å². The Kier molecular flexibility index (Phi) is 10.9. The average Bonchev–Trinajstić information content (AvgIpc) is 2.87. The van der Waals surface area contributed by atoms with Gasteiger partial charge in [0.15, 0.2) is 6.10 Å². The topological polar surface area (TPSA) is 155 Å². The normalized spacial score (nSPS) is 18.7. The predicted molar refractivity (Wildman–Crippen MR) is 120 cm³/mol. The standard InChI is InChI=1S/C18H14O8.C7H15NO/c19-15(20)13(25-17(23)11-7-3-1-4-8-11)14(16(21)22)26-18(24)12-9-5-2-6-10-12;1-8-4-2-3-7(5-8)6-9/h1-10,13-14H,(H,19,20)(H,21,22);7,9H,2-6H2,1H3/t13-,14-;/m1./s1. The molecule has 0 aromatic heterocycles. The van der Waals surface area contributed by atoms with E-state index in [2.05, 4.69) is 7.05 Å². The number of aliphatic carboxylic acids is 2. The summed E-state index contributed by atoms with van der Waals surface area (Å²) in [4.78, 5) is 48.2. The number of esters is 2. The predicted octanol–water partition coefficient (Wildman–Crippen LogP) is -0.824. The number of quaternary nitrogens is 1. The highest BCUT2D eigenvalue weighted by atomic mass is 16.6. The fourth-order valence-corrected chi connectivity index (χ4v) is 3.54. The Morgan fingerprint density at radius 2 is 1.43 bits per heavy atom. The number of aliphatic hydroxyl groups excluding tert-OH is 1. The first kappa shape index (κ1) is 27.5. The maximum absolute atomic E-state index is 12.0. The van der Waals surface area contributed by atoms with E-state index in [1.807, 2.05) is 0 Å². The molecule has 4 atom stereocenters. The van der Waals surface area contributed by atoms with Crippen LogP contribution in [-0.4, -0.2) is 73.0 Å². The van der Waals surface area contributed by atoms with Crippen LogP contribution in [0.15, 0.2) is 60.7 Å². The molecule has 188 valence electrons. The largest absolute Gasteiger partial charge is 0.546 e. The molecule has 10 nitrogen and oxygen atoms in total.